The van der Waals surface area contributed by atoms with Gasteiger partial charge in [0.25, 0.3) is 12.3 Å². The van der Waals surface area contributed by atoms with Crippen LogP contribution in [0.1, 0.15) is 36.2 Å². The van der Waals surface area contributed by atoms with Gasteiger partial charge in [-0.05, 0) is 18.9 Å². The van der Waals surface area contributed by atoms with Crippen LogP contribution in [0.3, 0.4) is 0 Å². The molecule has 1 saturated carbocycles. The van der Waals surface area contributed by atoms with E-state index in [1.54, 1.807) is 6.07 Å². The molecule has 4 nitrogen and oxygen atoms in total. The molecule has 0 spiro atoms. The summed E-state index contributed by atoms with van der Waals surface area (Å²) in [5, 5.41) is 4.36. The van der Waals surface area contributed by atoms with Gasteiger partial charge in [0.05, 0.1) is 0 Å². The molecule has 7 heteroatoms. The normalized spacial score (nSPS) is 26.0. The fourth-order valence-corrected chi connectivity index (χ4v) is 4.73. The number of nitrogens with zero attached hydrogens (tertiary/aromatic N) is 3. The molecule has 1 aromatic heterocycles. The van der Waals surface area contributed by atoms with E-state index in [2.05, 4.69) is 5.10 Å². The Kier molecular flexibility index (Phi) is 4.47. The third-order valence-corrected chi connectivity index (χ3v) is 5.64. The highest BCUT2D eigenvalue weighted by Crippen LogP contribution is 2.36. The molecule has 2 fully saturated rings. The quantitative estimate of drug-likeness (QED) is 0.861. The van der Waals surface area contributed by atoms with Crippen molar-refractivity contribution in [2.24, 2.45) is 0 Å². The number of alkyl halides is 2. The number of hydrogen-bond donors (Lipinski definition) is 0. The Morgan fingerprint density at radius 2 is 2.24 bits per heavy atom. The van der Waals surface area contributed by atoms with Gasteiger partial charge in [0, 0.05) is 29.8 Å². The minimum Gasteiger partial charge on any atom is -0.332 e. The molecular formula is C14H19F2N3OS. The lowest BCUT2D eigenvalue weighted by atomic mass is 9.93. The van der Waals surface area contributed by atoms with Gasteiger partial charge in [-0.15, -0.1) is 0 Å². The second kappa shape index (κ2) is 6.34. The fraction of sp³-hybridized carbons (Fsp3) is 0.714. The van der Waals surface area contributed by atoms with E-state index < -0.39 is 13.0 Å². The van der Waals surface area contributed by atoms with Gasteiger partial charge in [-0.1, -0.05) is 12.8 Å². The summed E-state index contributed by atoms with van der Waals surface area (Å²) in [6.07, 6.45) is 3.45. The molecule has 0 bridgehead atoms. The Bertz CT molecular complexity index is 506. The molecule has 21 heavy (non-hydrogen) atoms. The maximum Gasteiger partial charge on any atom is 0.272 e. The highest BCUT2D eigenvalue weighted by atomic mass is 32.2. The highest BCUT2D eigenvalue weighted by Gasteiger charge is 2.37. The van der Waals surface area contributed by atoms with Crippen molar-refractivity contribution in [1.29, 1.82) is 0 Å². The molecule has 1 saturated heterocycles. The van der Waals surface area contributed by atoms with Crippen molar-refractivity contribution in [3.05, 3.63) is 18.0 Å². The van der Waals surface area contributed by atoms with Crippen molar-refractivity contribution in [2.45, 2.75) is 49.9 Å². The summed E-state index contributed by atoms with van der Waals surface area (Å²) in [5.74, 6) is 0.779. The van der Waals surface area contributed by atoms with E-state index in [9.17, 15) is 13.6 Å². The summed E-state index contributed by atoms with van der Waals surface area (Å²) >= 11 is 1.94. The largest absolute Gasteiger partial charge is 0.332 e. The number of fused-ring (bicyclic) bond motifs is 1. The first-order valence-corrected chi connectivity index (χ1v) is 8.44. The van der Waals surface area contributed by atoms with E-state index >= 15 is 0 Å². The second-order valence-corrected chi connectivity index (χ2v) is 6.90. The number of halogens is 2. The van der Waals surface area contributed by atoms with Crippen LogP contribution in [0.25, 0.3) is 0 Å². The molecule has 1 aliphatic carbocycles. The van der Waals surface area contributed by atoms with Gasteiger partial charge in [-0.2, -0.15) is 16.9 Å². The van der Waals surface area contributed by atoms with Crippen molar-refractivity contribution in [1.82, 2.24) is 14.7 Å². The van der Waals surface area contributed by atoms with Gasteiger partial charge < -0.3 is 4.90 Å². The maximum absolute atomic E-state index is 12.7. The van der Waals surface area contributed by atoms with E-state index in [-0.39, 0.29) is 17.6 Å². The smallest absolute Gasteiger partial charge is 0.272 e. The molecular weight excluding hydrogens is 296 g/mol. The number of amides is 1. The molecule has 2 heterocycles. The van der Waals surface area contributed by atoms with Crippen molar-refractivity contribution < 1.29 is 13.6 Å². The molecule has 3 rings (SSSR count). The predicted molar refractivity (Wildman–Crippen MR) is 77.8 cm³/mol. The monoisotopic (exact) mass is 315 g/mol. The lowest BCUT2D eigenvalue weighted by Gasteiger charge is -2.43. The van der Waals surface area contributed by atoms with Crippen molar-refractivity contribution in [2.75, 3.05) is 12.3 Å². The molecule has 0 aromatic carbocycles. The van der Waals surface area contributed by atoms with Crippen molar-refractivity contribution in [3.8, 4) is 0 Å². The lowest BCUT2D eigenvalue weighted by Crippen LogP contribution is -2.52. The fourth-order valence-electron chi connectivity index (χ4n) is 3.29. The van der Waals surface area contributed by atoms with Gasteiger partial charge in [0.1, 0.15) is 12.2 Å². The average Bonchev–Trinajstić information content (AvgIpc) is 2.93. The summed E-state index contributed by atoms with van der Waals surface area (Å²) in [6, 6.07) is 1.80. The van der Waals surface area contributed by atoms with Crippen LogP contribution >= 0.6 is 11.8 Å². The van der Waals surface area contributed by atoms with Crippen molar-refractivity contribution in [3.63, 3.8) is 0 Å². The van der Waals surface area contributed by atoms with Crippen LogP contribution in [0.2, 0.25) is 0 Å². The Balaban J connectivity index is 1.79. The van der Waals surface area contributed by atoms with Crippen LogP contribution in [0.15, 0.2) is 12.3 Å². The maximum atomic E-state index is 12.7. The number of carbonyl (C=O) groups is 1. The SMILES string of the molecule is O=C(c1ccnn1CC(F)F)N1CCS[C@@H]2CCCC[C@@H]21. The minimum atomic E-state index is -2.50. The Labute approximate surface area is 126 Å². The number of thioether (sulfide) groups is 1. The standard InChI is InChI=1S/C14H19F2N3OS/c15-13(16)9-19-11(5-6-17-19)14(20)18-7-8-21-12-4-2-1-3-10(12)18/h5-6,10,12-13H,1-4,7-9H2/t10-,12+/m0/s1. The van der Waals surface area contributed by atoms with Gasteiger partial charge in [-0.25, -0.2) is 8.78 Å². The lowest BCUT2D eigenvalue weighted by molar-refractivity contribution is 0.0623. The predicted octanol–water partition coefficient (Wildman–Crippen LogP) is 2.65. The van der Waals surface area contributed by atoms with Gasteiger partial charge >= 0.3 is 0 Å². The number of rotatable bonds is 3. The zero-order valence-corrected chi connectivity index (χ0v) is 12.6. The first-order chi connectivity index (χ1) is 10.2. The zero-order chi connectivity index (χ0) is 14.8. The second-order valence-electron chi connectivity index (χ2n) is 5.55. The summed E-state index contributed by atoms with van der Waals surface area (Å²) in [5.41, 5.74) is 0.284. The molecule has 0 unspecified atom stereocenters. The summed E-state index contributed by atoms with van der Waals surface area (Å²) in [7, 11) is 0. The van der Waals surface area contributed by atoms with Gasteiger partial charge in [0.15, 0.2) is 0 Å². The zero-order valence-electron chi connectivity index (χ0n) is 11.8. The van der Waals surface area contributed by atoms with Crippen molar-refractivity contribution >= 4 is 17.7 Å². The number of carbonyl (C=O) groups excluding carboxylic acids is 1. The van der Waals surface area contributed by atoms with Crippen LogP contribution in [0.4, 0.5) is 8.78 Å². The summed E-state index contributed by atoms with van der Waals surface area (Å²) < 4.78 is 26.3. The third kappa shape index (κ3) is 3.07. The molecule has 1 amide bonds. The van der Waals surface area contributed by atoms with E-state index in [0.717, 1.165) is 29.7 Å². The van der Waals surface area contributed by atoms with Gasteiger partial charge in [0.2, 0.25) is 0 Å². The van der Waals surface area contributed by atoms with E-state index in [0.29, 0.717) is 11.8 Å². The Morgan fingerprint density at radius 1 is 1.43 bits per heavy atom. The van der Waals surface area contributed by atoms with Crippen LogP contribution in [0, 0.1) is 0 Å². The first-order valence-electron chi connectivity index (χ1n) is 7.39. The van der Waals surface area contributed by atoms with Crippen LogP contribution < -0.4 is 0 Å². The van der Waals surface area contributed by atoms with Crippen LogP contribution in [-0.2, 0) is 6.54 Å². The highest BCUT2D eigenvalue weighted by molar-refractivity contribution is 8.00. The van der Waals surface area contributed by atoms with E-state index in [4.69, 9.17) is 0 Å². The topological polar surface area (TPSA) is 38.1 Å². The third-order valence-electron chi connectivity index (χ3n) is 4.24. The van der Waals surface area contributed by atoms with Gasteiger partial charge in [-0.3, -0.25) is 9.48 Å². The Morgan fingerprint density at radius 3 is 3.05 bits per heavy atom. The summed E-state index contributed by atoms with van der Waals surface area (Å²) in [4.78, 5) is 14.6. The molecule has 0 radical (unpaired) electrons. The summed E-state index contributed by atoms with van der Waals surface area (Å²) in [6.45, 7) is 0.176. The molecule has 1 aliphatic heterocycles. The molecule has 2 aliphatic rings. The molecule has 2 atom stereocenters. The van der Waals surface area contributed by atoms with Crippen LogP contribution in [-0.4, -0.2) is 50.6 Å². The Hall–Kier alpha value is -1.11. The average molecular weight is 315 g/mol. The van der Waals surface area contributed by atoms with Crippen LogP contribution in [0.5, 0.6) is 0 Å². The number of aromatic nitrogens is 2. The number of hydrogen-bond acceptors (Lipinski definition) is 3. The van der Waals surface area contributed by atoms with E-state index in [1.807, 2.05) is 16.7 Å². The molecule has 0 N–H and O–H groups in total. The minimum absolute atomic E-state index is 0.148. The van der Waals surface area contributed by atoms with E-state index in [1.165, 1.54) is 12.6 Å². The molecule has 116 valence electrons. The first kappa shape index (κ1) is 14.8. The molecule has 1 aromatic rings.